The summed E-state index contributed by atoms with van der Waals surface area (Å²) < 4.78 is 20.3. The molecule has 0 aliphatic heterocycles. The maximum Gasteiger partial charge on any atom is 0.407 e. The average Bonchev–Trinajstić information content (AvgIpc) is 3.12. The Hall–Kier alpha value is -3.40. The number of aromatic nitrogens is 3. The second-order valence-electron chi connectivity index (χ2n) is 7.94. The standard InChI is InChI=1S/C15H24N4O2.C9H9FN2S/c1-6-12-13(9-11(2)16)19(10-18-12)8-7-17-14(20)21-15(3,4)5;1-11-6-8(13-2)9-7(10)4-3-5-12-9/h6,9-10H,1,7-8,16H2,2-5H3,(H,17,20);3-6H,1H2,2H3/b11-9+;8-6-. The van der Waals surface area contributed by atoms with Gasteiger partial charge in [-0.05, 0) is 65.0 Å². The van der Waals surface area contributed by atoms with E-state index >= 15 is 0 Å². The lowest BCUT2D eigenvalue weighted by Crippen LogP contribution is -2.34. The monoisotopic (exact) mass is 488 g/mol. The van der Waals surface area contributed by atoms with Crippen LogP contribution in [0.3, 0.4) is 0 Å². The molecule has 0 aliphatic carbocycles. The summed E-state index contributed by atoms with van der Waals surface area (Å²) in [7, 11) is 0. The molecule has 3 N–H and O–H groups in total. The van der Waals surface area contributed by atoms with Gasteiger partial charge in [-0.1, -0.05) is 6.58 Å². The van der Waals surface area contributed by atoms with Crippen molar-refractivity contribution >= 4 is 41.6 Å². The number of pyridine rings is 1. The number of halogens is 1. The Morgan fingerprint density at radius 3 is 2.65 bits per heavy atom. The highest BCUT2D eigenvalue weighted by atomic mass is 32.2. The van der Waals surface area contributed by atoms with Crippen molar-refractivity contribution in [2.75, 3.05) is 12.8 Å². The van der Waals surface area contributed by atoms with Gasteiger partial charge < -0.3 is 20.4 Å². The molecule has 2 aromatic rings. The summed E-state index contributed by atoms with van der Waals surface area (Å²) in [6.07, 6.45) is 9.65. The highest BCUT2D eigenvalue weighted by Crippen LogP contribution is 2.25. The van der Waals surface area contributed by atoms with E-state index in [1.807, 2.05) is 44.6 Å². The number of ether oxygens (including phenoxy) is 1. The summed E-state index contributed by atoms with van der Waals surface area (Å²) in [5.41, 5.74) is 7.85. The number of nitrogens with zero attached hydrogens (tertiary/aromatic N) is 4. The van der Waals surface area contributed by atoms with Crippen LogP contribution in [0.15, 0.2) is 48.1 Å². The van der Waals surface area contributed by atoms with Crippen molar-refractivity contribution in [3.05, 3.63) is 66.0 Å². The van der Waals surface area contributed by atoms with E-state index in [0.717, 1.165) is 11.4 Å². The van der Waals surface area contributed by atoms with Gasteiger partial charge in [-0.15, -0.1) is 11.8 Å². The molecule has 0 fully saturated rings. The molecule has 0 bridgehead atoms. The molecule has 0 unspecified atom stereocenters. The lowest BCUT2D eigenvalue weighted by atomic mass is 10.2. The number of imidazole rings is 1. The van der Waals surface area contributed by atoms with Crippen LogP contribution < -0.4 is 11.1 Å². The van der Waals surface area contributed by atoms with E-state index in [9.17, 15) is 9.18 Å². The number of carbonyl (C=O) groups is 1. The number of nitrogens with one attached hydrogen (secondary N) is 1. The predicted molar refractivity (Wildman–Crippen MR) is 140 cm³/mol. The molecule has 34 heavy (non-hydrogen) atoms. The van der Waals surface area contributed by atoms with Gasteiger partial charge in [-0.3, -0.25) is 9.98 Å². The molecule has 0 atom stereocenters. The molecular formula is C24H33FN6O2S. The average molecular weight is 489 g/mol. The van der Waals surface area contributed by atoms with E-state index in [0.29, 0.717) is 29.4 Å². The largest absolute Gasteiger partial charge is 0.444 e. The molecule has 0 saturated heterocycles. The van der Waals surface area contributed by atoms with Gasteiger partial charge in [0, 0.05) is 31.2 Å². The van der Waals surface area contributed by atoms with Gasteiger partial charge >= 0.3 is 6.09 Å². The molecule has 2 heterocycles. The fourth-order valence-corrected chi connectivity index (χ4v) is 3.09. The Morgan fingerprint density at radius 2 is 2.12 bits per heavy atom. The van der Waals surface area contributed by atoms with Crippen LogP contribution in [-0.4, -0.2) is 45.7 Å². The summed E-state index contributed by atoms with van der Waals surface area (Å²) in [5.74, 6) is -0.341. The first-order valence-electron chi connectivity index (χ1n) is 10.4. The van der Waals surface area contributed by atoms with Gasteiger partial charge in [0.25, 0.3) is 0 Å². The number of allylic oxidation sites excluding steroid dienone is 1. The molecule has 184 valence electrons. The van der Waals surface area contributed by atoms with Crippen molar-refractivity contribution in [3.8, 4) is 0 Å². The van der Waals surface area contributed by atoms with Gasteiger partial charge in [0.05, 0.1) is 22.6 Å². The van der Waals surface area contributed by atoms with Gasteiger partial charge in [0.1, 0.15) is 17.1 Å². The van der Waals surface area contributed by atoms with Crippen molar-refractivity contribution in [1.82, 2.24) is 19.9 Å². The molecule has 0 radical (unpaired) electrons. The number of rotatable bonds is 8. The van der Waals surface area contributed by atoms with E-state index < -0.39 is 11.7 Å². The lowest BCUT2D eigenvalue weighted by molar-refractivity contribution is 0.0526. The highest BCUT2D eigenvalue weighted by Gasteiger charge is 2.15. The Kier molecular flexibility index (Phi) is 11.8. The van der Waals surface area contributed by atoms with Crippen molar-refractivity contribution in [2.24, 2.45) is 10.7 Å². The molecular weight excluding hydrogens is 455 g/mol. The topological polar surface area (TPSA) is 107 Å². The smallest absolute Gasteiger partial charge is 0.407 e. The molecule has 0 aliphatic rings. The normalized spacial score (nSPS) is 11.8. The van der Waals surface area contributed by atoms with Crippen LogP contribution in [0.2, 0.25) is 0 Å². The number of hydrogen-bond donors (Lipinski definition) is 2. The zero-order chi connectivity index (χ0) is 25.7. The maximum atomic E-state index is 13.2. The zero-order valence-corrected chi connectivity index (χ0v) is 21.2. The third-order valence-electron chi connectivity index (χ3n) is 3.91. The minimum Gasteiger partial charge on any atom is -0.444 e. The fraction of sp³-hybridized carbons (Fsp3) is 0.333. The zero-order valence-electron chi connectivity index (χ0n) is 20.3. The van der Waals surface area contributed by atoms with E-state index in [1.165, 1.54) is 24.0 Å². The van der Waals surface area contributed by atoms with Gasteiger partial charge in [0.2, 0.25) is 0 Å². The Morgan fingerprint density at radius 1 is 1.41 bits per heavy atom. The Labute approximate surface area is 204 Å². The van der Waals surface area contributed by atoms with Gasteiger partial charge in [-0.25, -0.2) is 14.2 Å². The van der Waals surface area contributed by atoms with Crippen molar-refractivity contribution in [1.29, 1.82) is 0 Å². The SMILES string of the molecule is C=Cc1ncn(CCNC(=O)OC(C)(C)C)c1/C=C(\C)N.C=N/C=C(\SC)c1ncccc1F. The summed E-state index contributed by atoms with van der Waals surface area (Å²) in [5, 5.41) is 2.71. The number of thioether (sulfide) groups is 1. The van der Waals surface area contributed by atoms with E-state index in [4.69, 9.17) is 10.5 Å². The maximum absolute atomic E-state index is 13.2. The first kappa shape index (κ1) is 28.6. The first-order valence-corrected chi connectivity index (χ1v) is 11.6. The molecule has 2 rings (SSSR count). The minimum atomic E-state index is -0.500. The number of amides is 1. The fourth-order valence-electron chi connectivity index (χ4n) is 2.57. The van der Waals surface area contributed by atoms with Crippen LogP contribution in [0.4, 0.5) is 9.18 Å². The molecule has 8 nitrogen and oxygen atoms in total. The molecule has 1 amide bonds. The van der Waals surface area contributed by atoms with Crippen LogP contribution in [-0.2, 0) is 11.3 Å². The van der Waals surface area contributed by atoms with Crippen LogP contribution in [0.25, 0.3) is 17.1 Å². The number of nitrogens with two attached hydrogens (primary N) is 1. The number of hydrogen-bond acceptors (Lipinski definition) is 7. The molecule has 0 aromatic carbocycles. The third-order valence-corrected chi connectivity index (χ3v) is 4.65. The summed E-state index contributed by atoms with van der Waals surface area (Å²) in [6.45, 7) is 15.3. The van der Waals surface area contributed by atoms with Crippen LogP contribution in [0, 0.1) is 5.82 Å². The quantitative estimate of drug-likeness (QED) is 0.509. The summed E-state index contributed by atoms with van der Waals surface area (Å²) >= 11 is 1.39. The summed E-state index contributed by atoms with van der Waals surface area (Å²) in [6, 6.07) is 2.92. The van der Waals surface area contributed by atoms with Crippen LogP contribution >= 0.6 is 11.8 Å². The minimum absolute atomic E-state index is 0.322. The van der Waals surface area contributed by atoms with Crippen molar-refractivity contribution in [3.63, 3.8) is 0 Å². The number of alkyl carbamates (subject to hydrolysis) is 1. The molecule has 0 saturated carbocycles. The Balaban J connectivity index is 0.000000380. The summed E-state index contributed by atoms with van der Waals surface area (Å²) in [4.78, 5) is 24.0. The molecule has 2 aromatic heterocycles. The Bertz CT molecular complexity index is 1040. The molecule has 0 spiro atoms. The predicted octanol–water partition coefficient (Wildman–Crippen LogP) is 4.95. The van der Waals surface area contributed by atoms with Crippen LogP contribution in [0.1, 0.15) is 44.8 Å². The van der Waals surface area contributed by atoms with E-state index in [2.05, 4.69) is 33.6 Å². The highest BCUT2D eigenvalue weighted by molar-refractivity contribution is 8.07. The lowest BCUT2D eigenvalue weighted by Gasteiger charge is -2.19. The second kappa shape index (κ2) is 14.0. The van der Waals surface area contributed by atoms with Crippen molar-refractivity contribution in [2.45, 2.75) is 39.8 Å². The van der Waals surface area contributed by atoms with Gasteiger partial charge in [0.15, 0.2) is 0 Å². The van der Waals surface area contributed by atoms with Crippen molar-refractivity contribution < 1.29 is 13.9 Å². The third kappa shape index (κ3) is 10.0. The van der Waals surface area contributed by atoms with Crippen LogP contribution in [0.5, 0.6) is 0 Å². The van der Waals surface area contributed by atoms with Gasteiger partial charge in [-0.2, -0.15) is 0 Å². The first-order chi connectivity index (χ1) is 16.0. The van der Waals surface area contributed by atoms with E-state index in [-0.39, 0.29) is 5.82 Å². The van der Waals surface area contributed by atoms with E-state index in [1.54, 1.807) is 24.7 Å². The number of carbonyl (C=O) groups excluding carboxylic acids is 1. The second-order valence-corrected chi connectivity index (χ2v) is 8.79. The number of aliphatic imine (C=N–C) groups is 1. The molecule has 10 heteroatoms.